The Morgan fingerprint density at radius 1 is 0.941 bits per heavy atom. The van der Waals surface area contributed by atoms with Gasteiger partial charge in [0.25, 0.3) is 0 Å². The second-order valence-electron chi connectivity index (χ2n) is 3.56. The van der Waals surface area contributed by atoms with Crippen molar-refractivity contribution in [3.63, 3.8) is 0 Å². The van der Waals surface area contributed by atoms with Crippen LogP contribution in [0.3, 0.4) is 0 Å². The van der Waals surface area contributed by atoms with Crippen LogP contribution in [0.4, 0.5) is 4.39 Å². The molecule has 88 valence electrons. The summed E-state index contributed by atoms with van der Waals surface area (Å²) in [6, 6.07) is 9.56. The van der Waals surface area contributed by atoms with Crippen molar-refractivity contribution in [2.24, 2.45) is 0 Å². The lowest BCUT2D eigenvalue weighted by Crippen LogP contribution is -1.89. The highest BCUT2D eigenvalue weighted by atomic mass is 35.5. The van der Waals surface area contributed by atoms with Gasteiger partial charge >= 0.3 is 0 Å². The maximum atomic E-state index is 13.3. The lowest BCUT2D eigenvalue weighted by Gasteiger charge is -2.09. The van der Waals surface area contributed by atoms with E-state index in [4.69, 9.17) is 34.8 Å². The molecule has 0 N–H and O–H groups in total. The third-order valence-corrected chi connectivity index (χ3v) is 3.27. The summed E-state index contributed by atoms with van der Waals surface area (Å²) in [5.41, 5.74) is 2.25. The molecule has 0 aliphatic rings. The normalized spacial score (nSPS) is 10.6. The average molecular weight is 290 g/mol. The zero-order chi connectivity index (χ0) is 12.4. The van der Waals surface area contributed by atoms with E-state index in [1.165, 1.54) is 12.1 Å². The minimum Gasteiger partial charge on any atom is -0.207 e. The van der Waals surface area contributed by atoms with Crippen LogP contribution in [0.15, 0.2) is 36.4 Å². The highest BCUT2D eigenvalue weighted by Crippen LogP contribution is 2.33. The SMILES string of the molecule is Fc1ccc(CCl)c(-c2ccc(Cl)cc2Cl)c1. The zero-order valence-electron chi connectivity index (χ0n) is 8.68. The van der Waals surface area contributed by atoms with Crippen molar-refractivity contribution in [3.8, 4) is 11.1 Å². The molecule has 0 saturated heterocycles. The van der Waals surface area contributed by atoms with Gasteiger partial charge in [0.1, 0.15) is 5.82 Å². The molecule has 0 spiro atoms. The van der Waals surface area contributed by atoms with Crippen molar-refractivity contribution < 1.29 is 4.39 Å². The topological polar surface area (TPSA) is 0 Å². The fraction of sp³-hybridized carbons (Fsp3) is 0.0769. The second kappa shape index (κ2) is 5.26. The van der Waals surface area contributed by atoms with Gasteiger partial charge in [-0.05, 0) is 35.4 Å². The van der Waals surface area contributed by atoms with Crippen molar-refractivity contribution in [3.05, 3.63) is 57.8 Å². The van der Waals surface area contributed by atoms with Gasteiger partial charge < -0.3 is 0 Å². The van der Waals surface area contributed by atoms with E-state index in [2.05, 4.69) is 0 Å². The molecule has 2 aromatic carbocycles. The van der Waals surface area contributed by atoms with Crippen LogP contribution < -0.4 is 0 Å². The number of alkyl halides is 1. The summed E-state index contributed by atoms with van der Waals surface area (Å²) in [7, 11) is 0. The molecule has 0 fully saturated rings. The fourth-order valence-corrected chi connectivity index (χ4v) is 2.37. The van der Waals surface area contributed by atoms with E-state index in [0.717, 1.165) is 11.1 Å². The number of rotatable bonds is 2. The molecule has 2 aromatic rings. The Morgan fingerprint density at radius 2 is 1.71 bits per heavy atom. The molecule has 0 radical (unpaired) electrons. The Labute approximate surface area is 114 Å². The summed E-state index contributed by atoms with van der Waals surface area (Å²) in [5, 5.41) is 1.03. The molecule has 4 heteroatoms. The summed E-state index contributed by atoms with van der Waals surface area (Å²) in [5.74, 6) is -0.0194. The van der Waals surface area contributed by atoms with Gasteiger partial charge in [0.05, 0.1) is 0 Å². The highest BCUT2D eigenvalue weighted by Gasteiger charge is 2.09. The van der Waals surface area contributed by atoms with Gasteiger partial charge in [0.15, 0.2) is 0 Å². The van der Waals surface area contributed by atoms with Crippen LogP contribution in [0.2, 0.25) is 10.0 Å². The Balaban J connectivity index is 2.62. The van der Waals surface area contributed by atoms with Crippen molar-refractivity contribution in [1.82, 2.24) is 0 Å². The maximum absolute atomic E-state index is 13.3. The first-order valence-electron chi connectivity index (χ1n) is 4.91. The molecule has 0 bridgehead atoms. The molecule has 0 saturated carbocycles. The van der Waals surface area contributed by atoms with Crippen LogP contribution in [0, 0.1) is 5.82 Å². The summed E-state index contributed by atoms with van der Waals surface area (Å²) in [6.45, 7) is 0. The summed E-state index contributed by atoms with van der Waals surface area (Å²) in [4.78, 5) is 0. The quantitative estimate of drug-likeness (QED) is 0.637. The van der Waals surface area contributed by atoms with E-state index in [-0.39, 0.29) is 5.82 Å². The predicted octanol–water partition coefficient (Wildman–Crippen LogP) is 5.54. The lowest BCUT2D eigenvalue weighted by atomic mass is 10.0. The van der Waals surface area contributed by atoms with E-state index in [0.29, 0.717) is 21.5 Å². The molecule has 0 aliphatic carbocycles. The van der Waals surface area contributed by atoms with Gasteiger partial charge in [0, 0.05) is 21.5 Å². The molecule has 17 heavy (non-hydrogen) atoms. The largest absolute Gasteiger partial charge is 0.207 e. The molecule has 0 nitrogen and oxygen atoms in total. The van der Waals surface area contributed by atoms with E-state index in [1.54, 1.807) is 24.3 Å². The standard InChI is InChI=1S/C13H8Cl3F/c14-7-8-1-3-10(17)6-12(8)11-4-2-9(15)5-13(11)16/h1-6H,7H2. The van der Waals surface area contributed by atoms with Crippen LogP contribution in [0.25, 0.3) is 11.1 Å². The van der Waals surface area contributed by atoms with E-state index in [9.17, 15) is 4.39 Å². The average Bonchev–Trinajstić information content (AvgIpc) is 2.29. The second-order valence-corrected chi connectivity index (χ2v) is 4.67. The minimum atomic E-state index is -0.320. The third kappa shape index (κ3) is 2.74. The molecule has 0 aliphatic heterocycles. The number of halogens is 4. The van der Waals surface area contributed by atoms with Crippen molar-refractivity contribution >= 4 is 34.8 Å². The Hall–Kier alpha value is -0.760. The van der Waals surface area contributed by atoms with Crippen molar-refractivity contribution in [2.45, 2.75) is 5.88 Å². The van der Waals surface area contributed by atoms with Crippen molar-refractivity contribution in [2.75, 3.05) is 0 Å². The van der Waals surface area contributed by atoms with Gasteiger partial charge in [0.2, 0.25) is 0 Å². The molecular weight excluding hydrogens is 282 g/mol. The van der Waals surface area contributed by atoms with Crippen LogP contribution in [0.5, 0.6) is 0 Å². The van der Waals surface area contributed by atoms with Gasteiger partial charge in [-0.3, -0.25) is 0 Å². The van der Waals surface area contributed by atoms with Gasteiger partial charge in [-0.2, -0.15) is 0 Å². The molecular formula is C13H8Cl3F. The molecule has 0 heterocycles. The first kappa shape index (κ1) is 12.7. The van der Waals surface area contributed by atoms with Gasteiger partial charge in [-0.15, -0.1) is 11.6 Å². The Morgan fingerprint density at radius 3 is 2.35 bits per heavy atom. The van der Waals surface area contributed by atoms with Gasteiger partial charge in [-0.25, -0.2) is 4.39 Å². The summed E-state index contributed by atoms with van der Waals surface area (Å²) in [6.07, 6.45) is 0. The molecule has 0 unspecified atom stereocenters. The summed E-state index contributed by atoms with van der Waals surface area (Å²) < 4.78 is 13.3. The number of hydrogen-bond acceptors (Lipinski definition) is 0. The minimum absolute atomic E-state index is 0.300. The molecule has 0 atom stereocenters. The molecule has 0 amide bonds. The first-order chi connectivity index (χ1) is 8.11. The monoisotopic (exact) mass is 288 g/mol. The molecule has 0 aromatic heterocycles. The maximum Gasteiger partial charge on any atom is 0.123 e. The van der Waals surface area contributed by atoms with Crippen LogP contribution in [0.1, 0.15) is 5.56 Å². The van der Waals surface area contributed by atoms with Crippen LogP contribution in [-0.2, 0) is 5.88 Å². The predicted molar refractivity (Wildman–Crippen MR) is 71.4 cm³/mol. The highest BCUT2D eigenvalue weighted by molar-refractivity contribution is 6.36. The molecule has 2 rings (SSSR count). The van der Waals surface area contributed by atoms with Crippen LogP contribution >= 0.6 is 34.8 Å². The van der Waals surface area contributed by atoms with Crippen LogP contribution in [-0.4, -0.2) is 0 Å². The fourth-order valence-electron chi connectivity index (χ4n) is 1.62. The van der Waals surface area contributed by atoms with Gasteiger partial charge in [-0.1, -0.05) is 35.3 Å². The third-order valence-electron chi connectivity index (χ3n) is 2.44. The first-order valence-corrected chi connectivity index (χ1v) is 6.20. The number of benzene rings is 2. The van der Waals surface area contributed by atoms with E-state index in [1.807, 2.05) is 0 Å². The van der Waals surface area contributed by atoms with E-state index >= 15 is 0 Å². The van der Waals surface area contributed by atoms with E-state index < -0.39 is 0 Å². The Bertz CT molecular complexity index is 552. The van der Waals surface area contributed by atoms with Crippen molar-refractivity contribution in [1.29, 1.82) is 0 Å². The Kier molecular flexibility index (Phi) is 3.93. The number of hydrogen-bond donors (Lipinski definition) is 0. The lowest BCUT2D eigenvalue weighted by molar-refractivity contribution is 0.628. The smallest absolute Gasteiger partial charge is 0.123 e. The zero-order valence-corrected chi connectivity index (χ0v) is 11.0. The summed E-state index contributed by atoms with van der Waals surface area (Å²) >= 11 is 17.7.